The van der Waals surface area contributed by atoms with Crippen LogP contribution < -0.4 is 5.11 Å². The lowest BCUT2D eigenvalue weighted by molar-refractivity contribution is -0.870. The number of carboxylic acid groups (broad SMARTS) is 1. The first kappa shape index (κ1) is 81.2. The fraction of sp³-hybridized carbons (Fsp3) is 0.750. The van der Waals surface area contributed by atoms with Gasteiger partial charge in [-0.1, -0.05) is 297 Å². The number of unbranched alkanes of at least 4 members (excludes halogenated alkanes) is 34. The smallest absolute Gasteiger partial charge is 0.306 e. The lowest BCUT2D eigenvalue weighted by Gasteiger charge is -2.26. The van der Waals surface area contributed by atoms with Crippen LogP contribution >= 0.6 is 0 Å². The van der Waals surface area contributed by atoms with E-state index in [0.717, 1.165) is 83.5 Å². The van der Waals surface area contributed by atoms with E-state index in [4.69, 9.17) is 18.9 Å². The summed E-state index contributed by atoms with van der Waals surface area (Å²) in [7, 11) is 5.93. The fourth-order valence-electron chi connectivity index (χ4n) is 9.93. The molecule has 0 bridgehead atoms. The quantitative estimate of drug-likeness (QED) is 0.0195. The summed E-state index contributed by atoms with van der Waals surface area (Å²) >= 11 is 0. The van der Waals surface area contributed by atoms with Crippen molar-refractivity contribution in [1.29, 1.82) is 0 Å². The van der Waals surface area contributed by atoms with Crippen LogP contribution in [0.25, 0.3) is 0 Å². The van der Waals surface area contributed by atoms with Crippen molar-refractivity contribution < 1.29 is 42.9 Å². The minimum absolute atomic E-state index is 0.146. The van der Waals surface area contributed by atoms with Gasteiger partial charge in [0.15, 0.2) is 12.4 Å². The summed E-state index contributed by atoms with van der Waals surface area (Å²) in [4.78, 5) is 37.5. The molecule has 0 rings (SSSR count). The fourth-order valence-corrected chi connectivity index (χ4v) is 9.93. The van der Waals surface area contributed by atoms with Crippen molar-refractivity contribution in [2.24, 2.45) is 0 Å². The number of quaternary nitrogens is 1. The summed E-state index contributed by atoms with van der Waals surface area (Å²) < 4.78 is 22.8. The van der Waals surface area contributed by atoms with Crippen LogP contribution in [0.1, 0.15) is 309 Å². The van der Waals surface area contributed by atoms with Crippen molar-refractivity contribution in [3.05, 3.63) is 97.2 Å². The van der Waals surface area contributed by atoms with Gasteiger partial charge in [0.05, 0.1) is 40.3 Å². The van der Waals surface area contributed by atoms with Gasteiger partial charge in [-0.2, -0.15) is 0 Å². The molecule has 0 fully saturated rings. The lowest BCUT2D eigenvalue weighted by Crippen LogP contribution is -2.44. The molecule has 0 aliphatic rings. The Kier molecular flexibility index (Phi) is 63.2. The van der Waals surface area contributed by atoms with Crippen molar-refractivity contribution in [2.75, 3.05) is 47.5 Å². The van der Waals surface area contributed by atoms with Gasteiger partial charge in [-0.15, -0.1) is 0 Å². The Morgan fingerprint density at radius 2 is 0.671 bits per heavy atom. The van der Waals surface area contributed by atoms with Crippen molar-refractivity contribution in [3.8, 4) is 0 Å². The predicted octanol–water partition coefficient (Wildman–Crippen LogP) is 20.7. The number of carboxylic acids is 1. The third-order valence-corrected chi connectivity index (χ3v) is 15.3. The number of likely N-dealkylation sites (N-methyl/N-ethyl adjacent to an activating group) is 1. The van der Waals surface area contributed by atoms with Crippen LogP contribution in [0.4, 0.5) is 0 Å². The molecule has 0 aromatic carbocycles. The molecule has 0 spiro atoms. The molecule has 2 unspecified atom stereocenters. The third-order valence-electron chi connectivity index (χ3n) is 15.3. The van der Waals surface area contributed by atoms with E-state index in [1.807, 2.05) is 21.1 Å². The van der Waals surface area contributed by atoms with Crippen LogP contribution in [0.3, 0.4) is 0 Å². The number of rotatable bonds is 65. The first-order valence-electron chi connectivity index (χ1n) is 35.4. The maximum absolute atomic E-state index is 12.9. The lowest BCUT2D eigenvalue weighted by atomic mass is 10.0. The van der Waals surface area contributed by atoms with E-state index in [1.165, 1.54) is 193 Å². The van der Waals surface area contributed by atoms with Gasteiger partial charge < -0.3 is 33.3 Å². The van der Waals surface area contributed by atoms with Crippen molar-refractivity contribution >= 4 is 17.9 Å². The number of ether oxygens (including phenoxy) is 4. The summed E-state index contributed by atoms with van der Waals surface area (Å²) in [6.07, 6.45) is 87.7. The van der Waals surface area contributed by atoms with E-state index in [0.29, 0.717) is 23.9 Å². The SMILES string of the molecule is CC/C=C\C/C=C\C/C=C\C/C=C\C/C=C\C/C=C\C/C=C\CCCCCCCCCCCCCCCCCC(=O)OC(COC(=O)CCCCCCCCCCCCC/C=C\CCCCCCCCCC)COC(OCC[N+](C)(C)C)C(=O)[O-]. The van der Waals surface area contributed by atoms with E-state index >= 15 is 0 Å². The minimum atomic E-state index is -1.62. The normalized spacial score (nSPS) is 13.3. The summed E-state index contributed by atoms with van der Waals surface area (Å²) in [5.41, 5.74) is 0. The summed E-state index contributed by atoms with van der Waals surface area (Å²) in [6.45, 7) is 4.66. The largest absolute Gasteiger partial charge is 0.545 e. The molecule has 0 aliphatic heterocycles. The van der Waals surface area contributed by atoms with Crippen molar-refractivity contribution in [2.45, 2.75) is 322 Å². The first-order valence-corrected chi connectivity index (χ1v) is 35.4. The van der Waals surface area contributed by atoms with Gasteiger partial charge >= 0.3 is 11.9 Å². The topological polar surface area (TPSA) is 111 Å². The maximum atomic E-state index is 12.9. The van der Waals surface area contributed by atoms with E-state index < -0.39 is 24.3 Å². The molecule has 0 amide bonds. The van der Waals surface area contributed by atoms with Gasteiger partial charge in [0.1, 0.15) is 13.2 Å². The van der Waals surface area contributed by atoms with Crippen LogP contribution in [-0.4, -0.2) is 82.3 Å². The number of esters is 2. The highest BCUT2D eigenvalue weighted by molar-refractivity contribution is 5.70. The van der Waals surface area contributed by atoms with Crippen LogP contribution in [0, 0.1) is 0 Å². The molecular formula is C76H133NO8. The molecule has 0 heterocycles. The summed E-state index contributed by atoms with van der Waals surface area (Å²) in [5, 5.41) is 11.8. The van der Waals surface area contributed by atoms with Crippen LogP contribution in [0.5, 0.6) is 0 Å². The zero-order valence-corrected chi connectivity index (χ0v) is 56.0. The number of carbonyl (C=O) groups is 3. The van der Waals surface area contributed by atoms with Crippen molar-refractivity contribution in [1.82, 2.24) is 0 Å². The molecule has 0 saturated carbocycles. The Bertz CT molecular complexity index is 1720. The number of carbonyl (C=O) groups excluding carboxylic acids is 3. The average Bonchev–Trinajstić information content (AvgIpc) is 3.48. The summed E-state index contributed by atoms with van der Waals surface area (Å²) in [6, 6.07) is 0. The molecular weight excluding hydrogens is 1050 g/mol. The first-order chi connectivity index (χ1) is 41.6. The maximum Gasteiger partial charge on any atom is 0.306 e. The molecule has 490 valence electrons. The molecule has 85 heavy (non-hydrogen) atoms. The van der Waals surface area contributed by atoms with E-state index in [1.54, 1.807) is 0 Å². The highest BCUT2D eigenvalue weighted by atomic mass is 16.7. The van der Waals surface area contributed by atoms with Gasteiger partial charge in [-0.3, -0.25) is 9.59 Å². The number of nitrogens with zero attached hydrogens (tertiary/aromatic N) is 1. The van der Waals surface area contributed by atoms with Gasteiger partial charge in [-0.25, -0.2) is 0 Å². The second-order valence-corrected chi connectivity index (χ2v) is 24.8. The molecule has 9 nitrogen and oxygen atoms in total. The Balaban J connectivity index is 4.09. The van der Waals surface area contributed by atoms with Gasteiger partial charge in [0, 0.05) is 12.8 Å². The molecule has 2 atom stereocenters. The molecule has 0 N–H and O–H groups in total. The molecule has 9 heteroatoms. The highest BCUT2D eigenvalue weighted by Crippen LogP contribution is 2.17. The monoisotopic (exact) mass is 1190 g/mol. The molecule has 0 aromatic heterocycles. The van der Waals surface area contributed by atoms with E-state index in [9.17, 15) is 19.5 Å². The zero-order chi connectivity index (χ0) is 61.9. The molecule has 0 aliphatic carbocycles. The molecule has 0 aromatic rings. The number of hydrogen-bond acceptors (Lipinski definition) is 8. The minimum Gasteiger partial charge on any atom is -0.545 e. The van der Waals surface area contributed by atoms with Gasteiger partial charge in [0.2, 0.25) is 0 Å². The Morgan fingerprint density at radius 3 is 1.01 bits per heavy atom. The van der Waals surface area contributed by atoms with E-state index in [-0.39, 0.29) is 32.2 Å². The third kappa shape index (κ3) is 67.6. The average molecular weight is 1190 g/mol. The number of allylic oxidation sites excluding steroid dienone is 16. The number of aliphatic carboxylic acids is 1. The Morgan fingerprint density at radius 1 is 0.365 bits per heavy atom. The zero-order valence-electron chi connectivity index (χ0n) is 56.0. The second-order valence-electron chi connectivity index (χ2n) is 24.8. The Labute approximate surface area is 524 Å². The van der Waals surface area contributed by atoms with Crippen molar-refractivity contribution in [3.63, 3.8) is 0 Å². The summed E-state index contributed by atoms with van der Waals surface area (Å²) in [5.74, 6) is -2.27. The van der Waals surface area contributed by atoms with Crippen LogP contribution in [0.15, 0.2) is 97.2 Å². The molecule has 0 saturated heterocycles. The standard InChI is InChI=1S/C76H133NO8/c1-6-8-10-12-14-16-18-20-22-24-26-28-30-31-32-33-34-35-36-37-38-39-40-41-42-43-45-47-49-51-53-55-57-59-61-63-65-67-74(79)85-72(71-84-76(75(80)81)82-69-68-77(3,4)5)70-83-73(78)66-64-62-60-58-56-54-52-50-48-46-44-29-27-25-23-21-19-17-15-13-11-9-7-2/h8,10,14,16,20,22,25-28,31-32,34-35,37-38,72,76H,6-7,9,11-13,15,17-19,21,23-24,29-30,33,36,39-71H2,1-5H3/b10-8-,16-14-,22-20-,27-25-,28-26-,32-31-,35-34-,38-37-. The molecule has 0 radical (unpaired) electrons. The van der Waals surface area contributed by atoms with Gasteiger partial charge in [-0.05, 0) is 96.3 Å². The number of hydrogen-bond donors (Lipinski definition) is 0. The second kappa shape index (κ2) is 66.2. The van der Waals surface area contributed by atoms with Crippen LogP contribution in [-0.2, 0) is 33.3 Å². The predicted molar refractivity (Wildman–Crippen MR) is 361 cm³/mol. The van der Waals surface area contributed by atoms with Gasteiger partial charge in [0.25, 0.3) is 0 Å². The Hall–Kier alpha value is -3.79. The van der Waals surface area contributed by atoms with E-state index in [2.05, 4.69) is 111 Å². The van der Waals surface area contributed by atoms with Crippen LogP contribution in [0.2, 0.25) is 0 Å². The highest BCUT2D eigenvalue weighted by Gasteiger charge is 2.22.